The normalized spacial score (nSPS) is 11.3. The Hall–Kier alpha value is -2.64. The van der Waals surface area contributed by atoms with E-state index < -0.39 is 10.0 Å². The molecular weight excluding hydrogens is 314 g/mol. The third-order valence-electron chi connectivity index (χ3n) is 3.22. The van der Waals surface area contributed by atoms with E-state index >= 15 is 0 Å². The lowest BCUT2D eigenvalue weighted by Crippen LogP contribution is -2.15. The lowest BCUT2D eigenvalue weighted by atomic mass is 10.3. The van der Waals surface area contributed by atoms with E-state index in [1.54, 1.807) is 30.3 Å². The number of rotatable bonds is 5. The molecule has 0 aliphatic rings. The first kappa shape index (κ1) is 15.3. The van der Waals surface area contributed by atoms with Gasteiger partial charge in [0, 0.05) is 6.07 Å². The highest BCUT2D eigenvalue weighted by Gasteiger charge is 2.18. The van der Waals surface area contributed by atoms with E-state index in [4.69, 9.17) is 0 Å². The van der Waals surface area contributed by atoms with Crippen molar-refractivity contribution in [1.29, 1.82) is 0 Å². The van der Waals surface area contributed by atoms with Crippen molar-refractivity contribution in [3.63, 3.8) is 0 Å². The first-order valence-electron chi connectivity index (χ1n) is 6.93. The molecule has 1 heterocycles. The van der Waals surface area contributed by atoms with E-state index in [0.717, 1.165) is 0 Å². The SMILES string of the molecule is O=S(=O)(Nc1cc(CO)nn1-c1ccccc1)c1ccccc1. The molecule has 3 aromatic rings. The van der Waals surface area contributed by atoms with Crippen LogP contribution in [0.5, 0.6) is 0 Å². The average Bonchev–Trinajstić information content (AvgIpc) is 2.99. The first-order valence-corrected chi connectivity index (χ1v) is 8.41. The van der Waals surface area contributed by atoms with Crippen molar-refractivity contribution in [3.8, 4) is 5.69 Å². The molecule has 118 valence electrons. The lowest BCUT2D eigenvalue weighted by molar-refractivity contribution is 0.276. The minimum atomic E-state index is -3.73. The van der Waals surface area contributed by atoms with Crippen LogP contribution in [-0.2, 0) is 16.6 Å². The molecule has 0 saturated carbocycles. The summed E-state index contributed by atoms with van der Waals surface area (Å²) >= 11 is 0. The van der Waals surface area contributed by atoms with Crippen molar-refractivity contribution in [3.05, 3.63) is 72.4 Å². The van der Waals surface area contributed by atoms with Crippen LogP contribution in [0.3, 0.4) is 0 Å². The quantitative estimate of drug-likeness (QED) is 0.751. The van der Waals surface area contributed by atoms with Crippen molar-refractivity contribution in [2.45, 2.75) is 11.5 Å². The van der Waals surface area contributed by atoms with Crippen LogP contribution in [0.2, 0.25) is 0 Å². The van der Waals surface area contributed by atoms with Gasteiger partial charge >= 0.3 is 0 Å². The zero-order valence-electron chi connectivity index (χ0n) is 12.1. The molecule has 6 nitrogen and oxygen atoms in total. The van der Waals surface area contributed by atoms with E-state index in [0.29, 0.717) is 11.4 Å². The van der Waals surface area contributed by atoms with Crippen LogP contribution in [0.25, 0.3) is 5.69 Å². The van der Waals surface area contributed by atoms with Crippen LogP contribution in [-0.4, -0.2) is 23.3 Å². The molecule has 0 fully saturated rings. The predicted molar refractivity (Wildman–Crippen MR) is 86.7 cm³/mol. The van der Waals surface area contributed by atoms with E-state index in [2.05, 4.69) is 9.82 Å². The number of sulfonamides is 1. The van der Waals surface area contributed by atoms with Crippen LogP contribution in [0.1, 0.15) is 5.69 Å². The Balaban J connectivity index is 2.02. The second kappa shape index (κ2) is 6.23. The van der Waals surface area contributed by atoms with Gasteiger partial charge in [0.1, 0.15) is 5.82 Å². The van der Waals surface area contributed by atoms with Crippen molar-refractivity contribution < 1.29 is 13.5 Å². The number of nitrogens with one attached hydrogen (secondary N) is 1. The number of nitrogens with zero attached hydrogens (tertiary/aromatic N) is 2. The summed E-state index contributed by atoms with van der Waals surface area (Å²) in [6, 6.07) is 18.7. The van der Waals surface area contributed by atoms with E-state index in [9.17, 15) is 13.5 Å². The number of anilines is 1. The summed E-state index contributed by atoms with van der Waals surface area (Å²) in [6.07, 6.45) is 0. The second-order valence-electron chi connectivity index (χ2n) is 4.84. The van der Waals surface area contributed by atoms with Crippen molar-refractivity contribution in [2.24, 2.45) is 0 Å². The number of aliphatic hydroxyl groups excluding tert-OH is 1. The zero-order valence-corrected chi connectivity index (χ0v) is 12.9. The Labute approximate surface area is 134 Å². The summed E-state index contributed by atoms with van der Waals surface area (Å²) < 4.78 is 28.9. The number of aliphatic hydroxyl groups is 1. The zero-order chi connectivity index (χ0) is 16.3. The highest BCUT2D eigenvalue weighted by molar-refractivity contribution is 7.92. The van der Waals surface area contributed by atoms with Crippen LogP contribution >= 0.6 is 0 Å². The Kier molecular flexibility index (Phi) is 4.14. The van der Waals surface area contributed by atoms with E-state index in [1.807, 2.05) is 18.2 Å². The Bertz CT molecular complexity index is 891. The van der Waals surface area contributed by atoms with Gasteiger partial charge in [0.2, 0.25) is 0 Å². The number of benzene rings is 2. The van der Waals surface area contributed by atoms with Gasteiger partial charge in [-0.25, -0.2) is 13.1 Å². The fraction of sp³-hybridized carbons (Fsp3) is 0.0625. The minimum absolute atomic E-state index is 0.159. The number of hydrogen-bond donors (Lipinski definition) is 2. The average molecular weight is 329 g/mol. The number of para-hydroxylation sites is 1. The molecule has 0 aliphatic heterocycles. The molecule has 0 atom stereocenters. The topological polar surface area (TPSA) is 84.2 Å². The van der Waals surface area contributed by atoms with Gasteiger partial charge in [-0.2, -0.15) is 5.10 Å². The number of hydrogen-bond acceptors (Lipinski definition) is 4. The molecule has 0 unspecified atom stereocenters. The van der Waals surface area contributed by atoms with Crippen LogP contribution < -0.4 is 4.72 Å². The van der Waals surface area contributed by atoms with Gasteiger partial charge in [0.05, 0.1) is 22.9 Å². The molecule has 0 spiro atoms. The van der Waals surface area contributed by atoms with Gasteiger partial charge in [0.25, 0.3) is 10.0 Å². The fourth-order valence-electron chi connectivity index (χ4n) is 2.14. The summed E-state index contributed by atoms with van der Waals surface area (Å²) in [6.45, 7) is -0.278. The van der Waals surface area contributed by atoms with Crippen molar-refractivity contribution in [2.75, 3.05) is 4.72 Å². The molecule has 1 aromatic heterocycles. The van der Waals surface area contributed by atoms with E-state index in [-0.39, 0.29) is 17.3 Å². The molecule has 23 heavy (non-hydrogen) atoms. The summed E-state index contributed by atoms with van der Waals surface area (Å²) in [5, 5.41) is 13.5. The molecule has 0 saturated heterocycles. The van der Waals surface area contributed by atoms with Gasteiger partial charge in [-0.3, -0.25) is 4.72 Å². The lowest BCUT2D eigenvalue weighted by Gasteiger charge is -2.10. The molecule has 3 rings (SSSR count). The van der Waals surface area contributed by atoms with Crippen LogP contribution in [0, 0.1) is 0 Å². The number of aromatic nitrogens is 2. The van der Waals surface area contributed by atoms with Crippen molar-refractivity contribution >= 4 is 15.8 Å². The summed E-state index contributed by atoms with van der Waals surface area (Å²) in [5.41, 5.74) is 1.07. The maximum absolute atomic E-state index is 12.5. The van der Waals surface area contributed by atoms with Crippen molar-refractivity contribution in [1.82, 2.24) is 9.78 Å². The Morgan fingerprint density at radius 3 is 2.22 bits per heavy atom. The molecule has 0 radical (unpaired) electrons. The Morgan fingerprint density at radius 2 is 1.61 bits per heavy atom. The molecule has 2 aromatic carbocycles. The largest absolute Gasteiger partial charge is 0.390 e. The van der Waals surface area contributed by atoms with Gasteiger partial charge in [-0.1, -0.05) is 36.4 Å². The monoisotopic (exact) mass is 329 g/mol. The predicted octanol–water partition coefficient (Wildman–Crippen LogP) is 2.17. The maximum atomic E-state index is 12.5. The highest BCUT2D eigenvalue weighted by atomic mass is 32.2. The smallest absolute Gasteiger partial charge is 0.263 e. The molecule has 2 N–H and O–H groups in total. The molecule has 0 bridgehead atoms. The first-order chi connectivity index (χ1) is 11.1. The molecule has 0 aliphatic carbocycles. The molecular formula is C16H15N3O3S. The minimum Gasteiger partial charge on any atom is -0.390 e. The van der Waals surface area contributed by atoms with Crippen LogP contribution in [0.4, 0.5) is 5.82 Å². The summed E-state index contributed by atoms with van der Waals surface area (Å²) in [4.78, 5) is 0.159. The van der Waals surface area contributed by atoms with Gasteiger partial charge < -0.3 is 5.11 Å². The third-order valence-corrected chi connectivity index (χ3v) is 4.59. The highest BCUT2D eigenvalue weighted by Crippen LogP contribution is 2.21. The second-order valence-corrected chi connectivity index (χ2v) is 6.53. The van der Waals surface area contributed by atoms with E-state index in [1.165, 1.54) is 22.9 Å². The third kappa shape index (κ3) is 3.25. The van der Waals surface area contributed by atoms with Gasteiger partial charge in [-0.15, -0.1) is 0 Å². The van der Waals surface area contributed by atoms with Gasteiger partial charge in [-0.05, 0) is 24.3 Å². The molecule has 7 heteroatoms. The molecule has 0 amide bonds. The maximum Gasteiger partial charge on any atom is 0.263 e. The Morgan fingerprint density at radius 1 is 1.00 bits per heavy atom. The summed E-state index contributed by atoms with van der Waals surface area (Å²) in [7, 11) is -3.73. The fourth-order valence-corrected chi connectivity index (χ4v) is 3.20. The standard InChI is InChI=1S/C16H15N3O3S/c20-12-13-11-16(19(17-13)14-7-3-1-4-8-14)18-23(21,22)15-9-5-2-6-10-15/h1-11,18,20H,12H2. The summed E-state index contributed by atoms with van der Waals surface area (Å²) in [5.74, 6) is 0.268. The van der Waals surface area contributed by atoms with Crippen LogP contribution in [0.15, 0.2) is 71.6 Å². The van der Waals surface area contributed by atoms with Gasteiger partial charge in [0.15, 0.2) is 0 Å².